The molecule has 34 heavy (non-hydrogen) atoms. The molecule has 4 rings (SSSR count). The molecular weight excluding hydrogens is 436 g/mol. The standard InChI is InChI=1S/C26H30N2O6/c1-16(2)22(13-24(29)28-11-12-33-15-23(28)25(30)31)27-26(32)34-14-21-19-9-5-3-7-17(19)18-8-4-6-10-20(18)21/h3-10,16,21-23H,11-15H2,1-2H3,(H,27,32)(H,30,31). The average molecular weight is 467 g/mol. The topological polar surface area (TPSA) is 105 Å². The van der Waals surface area contributed by atoms with Gasteiger partial charge in [-0.3, -0.25) is 4.79 Å². The predicted molar refractivity (Wildman–Crippen MR) is 125 cm³/mol. The Morgan fingerprint density at radius 3 is 2.29 bits per heavy atom. The second-order valence-electron chi connectivity index (χ2n) is 9.04. The summed E-state index contributed by atoms with van der Waals surface area (Å²) >= 11 is 0. The van der Waals surface area contributed by atoms with Crippen molar-refractivity contribution in [3.05, 3.63) is 59.7 Å². The fourth-order valence-electron chi connectivity index (χ4n) is 4.66. The summed E-state index contributed by atoms with van der Waals surface area (Å²) in [5.74, 6) is -1.53. The van der Waals surface area contributed by atoms with Crippen LogP contribution in [0.15, 0.2) is 48.5 Å². The van der Waals surface area contributed by atoms with E-state index in [0.29, 0.717) is 6.61 Å². The Morgan fingerprint density at radius 2 is 1.71 bits per heavy atom. The lowest BCUT2D eigenvalue weighted by atomic mass is 9.98. The zero-order valence-corrected chi connectivity index (χ0v) is 19.4. The molecule has 0 saturated carbocycles. The van der Waals surface area contributed by atoms with Crippen LogP contribution in [0.4, 0.5) is 4.79 Å². The highest BCUT2D eigenvalue weighted by Gasteiger charge is 2.35. The van der Waals surface area contributed by atoms with E-state index in [1.807, 2.05) is 38.1 Å². The summed E-state index contributed by atoms with van der Waals surface area (Å²) in [6, 6.07) is 14.7. The van der Waals surface area contributed by atoms with E-state index in [2.05, 4.69) is 29.6 Å². The van der Waals surface area contributed by atoms with Gasteiger partial charge in [0.2, 0.25) is 5.91 Å². The van der Waals surface area contributed by atoms with Gasteiger partial charge >= 0.3 is 12.1 Å². The first-order chi connectivity index (χ1) is 16.4. The van der Waals surface area contributed by atoms with Gasteiger partial charge in [0.05, 0.1) is 13.2 Å². The van der Waals surface area contributed by atoms with Gasteiger partial charge in [-0.2, -0.15) is 0 Å². The first-order valence-corrected chi connectivity index (χ1v) is 11.6. The van der Waals surface area contributed by atoms with Gasteiger partial charge in [-0.1, -0.05) is 62.4 Å². The SMILES string of the molecule is CC(C)C(CC(=O)N1CCOCC1C(=O)O)NC(=O)OCC1c2ccccc2-c2ccccc21. The molecule has 2 aromatic carbocycles. The third kappa shape index (κ3) is 4.92. The monoisotopic (exact) mass is 466 g/mol. The number of nitrogens with one attached hydrogen (secondary N) is 1. The Kier molecular flexibility index (Phi) is 7.17. The van der Waals surface area contributed by atoms with E-state index in [-0.39, 0.29) is 43.9 Å². The van der Waals surface area contributed by atoms with Gasteiger partial charge in [0.25, 0.3) is 0 Å². The van der Waals surface area contributed by atoms with E-state index in [9.17, 15) is 19.5 Å². The number of alkyl carbamates (subject to hydrolysis) is 1. The molecule has 0 radical (unpaired) electrons. The first kappa shape index (κ1) is 23.8. The second kappa shape index (κ2) is 10.3. The molecule has 1 saturated heterocycles. The van der Waals surface area contributed by atoms with Gasteiger partial charge in [-0.15, -0.1) is 0 Å². The third-order valence-electron chi connectivity index (χ3n) is 6.58. The zero-order valence-electron chi connectivity index (χ0n) is 19.4. The molecule has 0 aromatic heterocycles. The molecule has 2 atom stereocenters. The first-order valence-electron chi connectivity index (χ1n) is 11.6. The molecule has 2 aromatic rings. The van der Waals surface area contributed by atoms with Gasteiger partial charge in [-0.05, 0) is 28.2 Å². The van der Waals surface area contributed by atoms with E-state index in [1.54, 1.807) is 0 Å². The quantitative estimate of drug-likeness (QED) is 0.649. The molecule has 2 N–H and O–H groups in total. The van der Waals surface area contributed by atoms with E-state index in [1.165, 1.54) is 4.90 Å². The van der Waals surface area contributed by atoms with Gasteiger partial charge in [-0.25, -0.2) is 9.59 Å². The Hall–Kier alpha value is -3.39. The van der Waals surface area contributed by atoms with Crippen molar-refractivity contribution in [2.24, 2.45) is 5.92 Å². The Labute approximate surface area is 198 Å². The molecule has 0 bridgehead atoms. The highest BCUT2D eigenvalue weighted by atomic mass is 16.5. The lowest BCUT2D eigenvalue weighted by Crippen LogP contribution is -2.54. The number of nitrogens with zero attached hydrogens (tertiary/aromatic N) is 1. The molecule has 1 aliphatic carbocycles. The van der Waals surface area contributed by atoms with Crippen molar-refractivity contribution < 1.29 is 29.0 Å². The normalized spacial score (nSPS) is 18.2. The van der Waals surface area contributed by atoms with Crippen LogP contribution in [0.2, 0.25) is 0 Å². The van der Waals surface area contributed by atoms with Crippen LogP contribution in [0, 0.1) is 5.92 Å². The molecule has 1 heterocycles. The summed E-state index contributed by atoms with van der Waals surface area (Å²) in [4.78, 5) is 38.4. The summed E-state index contributed by atoms with van der Waals surface area (Å²) in [6.45, 7) is 4.45. The molecule has 1 aliphatic heterocycles. The fraction of sp³-hybridized carbons (Fsp3) is 0.423. The predicted octanol–water partition coefficient (Wildman–Crippen LogP) is 3.25. The number of benzene rings is 2. The van der Waals surface area contributed by atoms with Crippen molar-refractivity contribution in [2.45, 2.75) is 38.3 Å². The van der Waals surface area contributed by atoms with Crippen LogP contribution < -0.4 is 5.32 Å². The number of carbonyl (C=O) groups is 3. The van der Waals surface area contributed by atoms with Crippen molar-refractivity contribution in [1.29, 1.82) is 0 Å². The number of carbonyl (C=O) groups excluding carboxylic acids is 2. The molecule has 8 heteroatoms. The average Bonchev–Trinajstić information content (AvgIpc) is 3.16. The number of fused-ring (bicyclic) bond motifs is 3. The minimum atomic E-state index is -1.10. The van der Waals surface area contributed by atoms with Gasteiger partial charge in [0.15, 0.2) is 6.04 Å². The summed E-state index contributed by atoms with van der Waals surface area (Å²) in [5.41, 5.74) is 4.55. The molecule has 8 nitrogen and oxygen atoms in total. The Balaban J connectivity index is 1.38. The number of hydrogen-bond acceptors (Lipinski definition) is 5. The van der Waals surface area contributed by atoms with Crippen LogP contribution >= 0.6 is 0 Å². The maximum absolute atomic E-state index is 12.9. The van der Waals surface area contributed by atoms with Crippen molar-refractivity contribution in [3.8, 4) is 11.1 Å². The summed E-state index contributed by atoms with van der Waals surface area (Å²) in [7, 11) is 0. The van der Waals surface area contributed by atoms with E-state index >= 15 is 0 Å². The summed E-state index contributed by atoms with van der Waals surface area (Å²) in [6.07, 6.45) is -0.601. The summed E-state index contributed by atoms with van der Waals surface area (Å²) < 4.78 is 10.8. The smallest absolute Gasteiger partial charge is 0.407 e. The minimum absolute atomic E-state index is 0.00829. The van der Waals surface area contributed by atoms with Crippen molar-refractivity contribution in [3.63, 3.8) is 0 Å². The number of carboxylic acid groups (broad SMARTS) is 1. The van der Waals surface area contributed by atoms with Gasteiger partial charge in [0.1, 0.15) is 6.61 Å². The number of morpholine rings is 1. The number of rotatable bonds is 7. The van der Waals surface area contributed by atoms with E-state index in [4.69, 9.17) is 9.47 Å². The lowest BCUT2D eigenvalue weighted by Gasteiger charge is -2.34. The molecule has 180 valence electrons. The van der Waals surface area contributed by atoms with Crippen LogP contribution in [0.25, 0.3) is 11.1 Å². The van der Waals surface area contributed by atoms with Crippen LogP contribution in [-0.2, 0) is 19.1 Å². The zero-order chi connectivity index (χ0) is 24.2. The molecule has 2 aliphatic rings. The largest absolute Gasteiger partial charge is 0.480 e. The highest BCUT2D eigenvalue weighted by Crippen LogP contribution is 2.44. The maximum atomic E-state index is 12.9. The van der Waals surface area contributed by atoms with E-state index < -0.39 is 24.1 Å². The number of aliphatic carboxylic acids is 1. The fourth-order valence-corrected chi connectivity index (χ4v) is 4.66. The molecule has 0 spiro atoms. The van der Waals surface area contributed by atoms with Gasteiger partial charge in [0, 0.05) is 24.9 Å². The van der Waals surface area contributed by atoms with Crippen LogP contribution in [0.5, 0.6) is 0 Å². The number of carboxylic acids is 1. The second-order valence-corrected chi connectivity index (χ2v) is 9.04. The Bertz CT molecular complexity index is 1020. The third-order valence-corrected chi connectivity index (χ3v) is 6.58. The summed E-state index contributed by atoms with van der Waals surface area (Å²) in [5, 5.41) is 12.2. The molecular formula is C26H30N2O6. The Morgan fingerprint density at radius 1 is 1.09 bits per heavy atom. The number of ether oxygens (including phenoxy) is 2. The minimum Gasteiger partial charge on any atom is -0.480 e. The van der Waals surface area contributed by atoms with Crippen LogP contribution in [0.3, 0.4) is 0 Å². The molecule has 1 fully saturated rings. The molecule has 2 amide bonds. The lowest BCUT2D eigenvalue weighted by molar-refractivity contribution is -0.158. The number of amides is 2. The molecule has 2 unspecified atom stereocenters. The van der Waals surface area contributed by atoms with Crippen LogP contribution in [-0.4, -0.2) is 66.4 Å². The van der Waals surface area contributed by atoms with Gasteiger partial charge < -0.3 is 24.8 Å². The number of hydrogen-bond donors (Lipinski definition) is 2. The van der Waals surface area contributed by atoms with Crippen LogP contribution in [0.1, 0.15) is 37.3 Å². The van der Waals surface area contributed by atoms with Crippen molar-refractivity contribution in [1.82, 2.24) is 10.2 Å². The highest BCUT2D eigenvalue weighted by molar-refractivity contribution is 5.85. The van der Waals surface area contributed by atoms with E-state index in [0.717, 1.165) is 22.3 Å². The van der Waals surface area contributed by atoms with Crippen molar-refractivity contribution in [2.75, 3.05) is 26.4 Å². The maximum Gasteiger partial charge on any atom is 0.407 e. The van der Waals surface area contributed by atoms with Crippen molar-refractivity contribution >= 4 is 18.0 Å².